The number of carbonyl (C=O) groups excluding carboxylic acids is 2. The molecule has 6 nitrogen and oxygen atoms in total. The molecule has 4 rings (SSSR count). The fourth-order valence-electron chi connectivity index (χ4n) is 3.32. The molecular formula is C25H23N3O3. The summed E-state index contributed by atoms with van der Waals surface area (Å²) < 4.78 is 5.80. The predicted octanol–water partition coefficient (Wildman–Crippen LogP) is 4.38. The number of hydrogen-bond donors (Lipinski definition) is 1. The second-order valence-corrected chi connectivity index (χ2v) is 7.63. The van der Waals surface area contributed by atoms with Crippen LogP contribution in [0.15, 0.2) is 84.0 Å². The van der Waals surface area contributed by atoms with Crippen LogP contribution in [0.25, 0.3) is 0 Å². The molecule has 0 unspecified atom stereocenters. The number of hydrazone groups is 1. The van der Waals surface area contributed by atoms with Crippen LogP contribution in [-0.4, -0.2) is 23.2 Å². The fourth-order valence-corrected chi connectivity index (χ4v) is 3.32. The first-order valence-corrected chi connectivity index (χ1v) is 10.0. The molecule has 1 N–H and O–H groups in total. The Kier molecular flexibility index (Phi) is 5.54. The highest BCUT2D eigenvalue weighted by atomic mass is 16.5. The summed E-state index contributed by atoms with van der Waals surface area (Å²) in [6, 6.07) is 24.1. The minimum absolute atomic E-state index is 0.419. The molecule has 0 aliphatic carbocycles. The Morgan fingerprint density at radius 1 is 0.968 bits per heavy atom. The van der Waals surface area contributed by atoms with E-state index in [1.54, 1.807) is 19.1 Å². The van der Waals surface area contributed by atoms with Gasteiger partial charge in [0.2, 0.25) is 0 Å². The molecule has 0 aromatic heterocycles. The van der Waals surface area contributed by atoms with E-state index in [0.717, 1.165) is 21.9 Å². The summed E-state index contributed by atoms with van der Waals surface area (Å²) in [6.07, 6.45) is 1.48. The molecule has 1 fully saturated rings. The summed E-state index contributed by atoms with van der Waals surface area (Å²) in [5, 5.41) is 7.71. The highest BCUT2D eigenvalue weighted by Gasteiger charge is 2.49. The first-order valence-electron chi connectivity index (χ1n) is 10.0. The Balaban J connectivity index is 1.41. The number of aryl methyl sites for hydroxylation is 1. The molecule has 0 spiro atoms. The van der Waals surface area contributed by atoms with Crippen LogP contribution in [-0.2, 0) is 16.9 Å². The highest BCUT2D eigenvalue weighted by Crippen LogP contribution is 2.28. The quantitative estimate of drug-likeness (QED) is 0.482. The molecule has 1 aliphatic rings. The van der Waals surface area contributed by atoms with Gasteiger partial charge >= 0.3 is 6.03 Å². The third-order valence-corrected chi connectivity index (χ3v) is 5.25. The van der Waals surface area contributed by atoms with E-state index in [1.165, 1.54) is 11.8 Å². The van der Waals surface area contributed by atoms with Crippen molar-refractivity contribution in [3.05, 3.63) is 101 Å². The second kappa shape index (κ2) is 8.44. The lowest BCUT2D eigenvalue weighted by molar-refractivity contribution is -0.131. The van der Waals surface area contributed by atoms with Crippen LogP contribution in [0.2, 0.25) is 0 Å². The summed E-state index contributed by atoms with van der Waals surface area (Å²) in [7, 11) is 0. The number of imide groups is 1. The van der Waals surface area contributed by atoms with Crippen LogP contribution < -0.4 is 10.1 Å². The molecule has 3 amide bonds. The zero-order valence-corrected chi connectivity index (χ0v) is 17.4. The van der Waals surface area contributed by atoms with Crippen molar-refractivity contribution in [2.24, 2.45) is 5.10 Å². The summed E-state index contributed by atoms with van der Waals surface area (Å²) in [5.41, 5.74) is 2.62. The molecule has 1 aliphatic heterocycles. The smallest absolute Gasteiger partial charge is 0.346 e. The van der Waals surface area contributed by atoms with Gasteiger partial charge in [0.1, 0.15) is 17.9 Å². The van der Waals surface area contributed by atoms with Crippen LogP contribution in [0.1, 0.15) is 29.2 Å². The Labute approximate surface area is 181 Å². The maximum atomic E-state index is 12.9. The monoisotopic (exact) mass is 413 g/mol. The van der Waals surface area contributed by atoms with E-state index in [9.17, 15) is 9.59 Å². The zero-order chi connectivity index (χ0) is 21.8. The maximum Gasteiger partial charge on any atom is 0.346 e. The third kappa shape index (κ3) is 4.33. The maximum absolute atomic E-state index is 12.9. The molecule has 0 bridgehead atoms. The van der Waals surface area contributed by atoms with E-state index in [0.29, 0.717) is 12.2 Å². The molecular weight excluding hydrogens is 390 g/mol. The van der Waals surface area contributed by atoms with E-state index >= 15 is 0 Å². The van der Waals surface area contributed by atoms with Gasteiger partial charge in [0.25, 0.3) is 5.91 Å². The largest absolute Gasteiger partial charge is 0.489 e. The normalized spacial score (nSPS) is 18.5. The highest BCUT2D eigenvalue weighted by molar-refractivity contribution is 6.07. The lowest BCUT2D eigenvalue weighted by atomic mass is 9.92. The third-order valence-electron chi connectivity index (χ3n) is 5.25. The molecule has 1 heterocycles. The minimum Gasteiger partial charge on any atom is -0.489 e. The number of benzene rings is 3. The standard InChI is InChI=1S/C25H23N3O3/c1-18-8-10-20(11-9-18)17-31-22-14-12-19(13-15-22)16-26-28-23(29)25(2,27-24(28)30)21-6-4-3-5-7-21/h3-16H,17H2,1-2H3,(H,27,30)/b26-16-/t25-/m1/s1. The number of carbonyl (C=O) groups is 2. The van der Waals surface area contributed by atoms with E-state index < -0.39 is 17.5 Å². The molecule has 6 heteroatoms. The zero-order valence-electron chi connectivity index (χ0n) is 17.4. The van der Waals surface area contributed by atoms with Crippen molar-refractivity contribution < 1.29 is 14.3 Å². The average molecular weight is 413 g/mol. The van der Waals surface area contributed by atoms with Crippen LogP contribution in [0, 0.1) is 6.92 Å². The number of urea groups is 1. The Morgan fingerprint density at radius 3 is 2.32 bits per heavy atom. The van der Waals surface area contributed by atoms with E-state index in [4.69, 9.17) is 4.74 Å². The van der Waals surface area contributed by atoms with Crippen LogP contribution in [0.4, 0.5) is 4.79 Å². The molecule has 156 valence electrons. The molecule has 3 aromatic rings. The van der Waals surface area contributed by atoms with Gasteiger partial charge in [0.05, 0.1) is 6.21 Å². The van der Waals surface area contributed by atoms with E-state index in [2.05, 4.69) is 22.6 Å². The van der Waals surface area contributed by atoms with Crippen molar-refractivity contribution in [2.45, 2.75) is 26.0 Å². The Bertz CT molecular complexity index is 1110. The molecule has 31 heavy (non-hydrogen) atoms. The summed E-state index contributed by atoms with van der Waals surface area (Å²) >= 11 is 0. The van der Waals surface area contributed by atoms with Gasteiger partial charge in [-0.25, -0.2) is 4.79 Å². The van der Waals surface area contributed by atoms with Crippen LogP contribution >= 0.6 is 0 Å². The van der Waals surface area contributed by atoms with Crippen molar-refractivity contribution in [1.29, 1.82) is 0 Å². The van der Waals surface area contributed by atoms with Gasteiger partial charge in [-0.2, -0.15) is 5.10 Å². The van der Waals surface area contributed by atoms with E-state index in [-0.39, 0.29) is 0 Å². The fraction of sp³-hybridized carbons (Fsp3) is 0.160. The van der Waals surface area contributed by atoms with Crippen molar-refractivity contribution in [3.8, 4) is 5.75 Å². The van der Waals surface area contributed by atoms with Gasteiger partial charge in [0, 0.05) is 0 Å². The summed E-state index contributed by atoms with van der Waals surface area (Å²) in [4.78, 5) is 25.2. The average Bonchev–Trinajstić information content (AvgIpc) is 3.02. The predicted molar refractivity (Wildman–Crippen MR) is 119 cm³/mol. The number of amides is 3. The molecule has 0 radical (unpaired) electrons. The first-order chi connectivity index (χ1) is 15.0. The number of rotatable bonds is 6. The SMILES string of the molecule is Cc1ccc(COc2ccc(/C=N\N3C(=O)N[C@](C)(c4ccccc4)C3=O)cc2)cc1. The molecule has 1 saturated heterocycles. The number of hydrogen-bond acceptors (Lipinski definition) is 4. The summed E-state index contributed by atoms with van der Waals surface area (Å²) in [5.74, 6) is 0.308. The summed E-state index contributed by atoms with van der Waals surface area (Å²) in [6.45, 7) is 4.21. The lowest BCUT2D eigenvalue weighted by Gasteiger charge is -2.20. The second-order valence-electron chi connectivity index (χ2n) is 7.63. The van der Waals surface area contributed by atoms with Gasteiger partial charge in [-0.3, -0.25) is 4.79 Å². The molecule has 0 saturated carbocycles. The van der Waals surface area contributed by atoms with Crippen LogP contribution in [0.3, 0.4) is 0 Å². The lowest BCUT2D eigenvalue weighted by Crippen LogP contribution is -2.40. The van der Waals surface area contributed by atoms with Crippen molar-refractivity contribution >= 4 is 18.2 Å². The van der Waals surface area contributed by atoms with Gasteiger partial charge in [0.15, 0.2) is 0 Å². The van der Waals surface area contributed by atoms with Crippen LogP contribution in [0.5, 0.6) is 5.75 Å². The van der Waals surface area contributed by atoms with E-state index in [1.807, 2.05) is 61.5 Å². The van der Waals surface area contributed by atoms with Crippen molar-refractivity contribution in [1.82, 2.24) is 10.3 Å². The van der Waals surface area contributed by atoms with Gasteiger partial charge in [-0.15, -0.1) is 5.01 Å². The van der Waals surface area contributed by atoms with Gasteiger partial charge in [-0.1, -0.05) is 60.2 Å². The number of nitrogens with one attached hydrogen (secondary N) is 1. The minimum atomic E-state index is -1.14. The molecule has 3 aromatic carbocycles. The number of ether oxygens (including phenoxy) is 1. The Hall–Kier alpha value is -3.93. The first kappa shape index (κ1) is 20.3. The molecule has 1 atom stereocenters. The van der Waals surface area contributed by atoms with Crippen molar-refractivity contribution in [2.75, 3.05) is 0 Å². The van der Waals surface area contributed by atoms with Crippen molar-refractivity contribution in [3.63, 3.8) is 0 Å². The van der Waals surface area contributed by atoms with Gasteiger partial charge in [-0.05, 0) is 54.8 Å². The Morgan fingerprint density at radius 2 is 1.65 bits per heavy atom. The van der Waals surface area contributed by atoms with Gasteiger partial charge < -0.3 is 10.1 Å². The topological polar surface area (TPSA) is 71.0 Å². The number of nitrogens with zero attached hydrogens (tertiary/aromatic N) is 2.